The van der Waals surface area contributed by atoms with Gasteiger partial charge in [0.1, 0.15) is 11.5 Å². The highest BCUT2D eigenvalue weighted by atomic mass is 19.4. The summed E-state index contributed by atoms with van der Waals surface area (Å²) in [7, 11) is 0. The molecule has 0 unspecified atom stereocenters. The van der Waals surface area contributed by atoms with E-state index in [1.807, 2.05) is 19.9 Å². The maximum absolute atomic E-state index is 13.6. The molecule has 0 aliphatic carbocycles. The first kappa shape index (κ1) is 24.6. The monoisotopic (exact) mass is 497 g/mol. The number of aryl methyl sites for hydroxylation is 2. The first-order valence-corrected chi connectivity index (χ1v) is 10.8. The number of nitrogens with one attached hydrogen (secondary N) is 2. The summed E-state index contributed by atoms with van der Waals surface area (Å²) in [5, 5.41) is 19.3. The molecule has 1 aliphatic rings. The van der Waals surface area contributed by atoms with Crippen LogP contribution >= 0.6 is 0 Å². The van der Waals surface area contributed by atoms with Gasteiger partial charge in [-0.25, -0.2) is 0 Å². The van der Waals surface area contributed by atoms with Crippen LogP contribution in [0.15, 0.2) is 60.3 Å². The number of nitrogens with zero attached hydrogens (tertiary/aromatic N) is 1. The molecule has 0 radical (unpaired) electrons. The number of alkyl halides is 3. The van der Waals surface area contributed by atoms with Gasteiger partial charge in [-0.05, 0) is 68.3 Å². The Hall–Kier alpha value is -4.47. The van der Waals surface area contributed by atoms with E-state index in [0.717, 1.165) is 29.3 Å². The van der Waals surface area contributed by atoms with E-state index in [2.05, 4.69) is 10.9 Å². The van der Waals surface area contributed by atoms with Crippen molar-refractivity contribution in [2.24, 2.45) is 0 Å². The number of halogens is 3. The van der Waals surface area contributed by atoms with Gasteiger partial charge in [-0.1, -0.05) is 12.1 Å². The minimum absolute atomic E-state index is 0.0680. The van der Waals surface area contributed by atoms with Crippen LogP contribution in [0.25, 0.3) is 5.57 Å². The van der Waals surface area contributed by atoms with Gasteiger partial charge in [0.25, 0.3) is 11.8 Å². The quantitative estimate of drug-likeness (QED) is 0.298. The van der Waals surface area contributed by atoms with E-state index in [-0.39, 0.29) is 33.8 Å². The lowest BCUT2D eigenvalue weighted by Crippen LogP contribution is -2.37. The molecule has 3 aromatic carbocycles. The summed E-state index contributed by atoms with van der Waals surface area (Å²) in [5.74, 6) is -2.01. The molecule has 4 N–H and O–H groups in total. The smallest absolute Gasteiger partial charge is 0.416 e. The summed E-state index contributed by atoms with van der Waals surface area (Å²) >= 11 is 0. The van der Waals surface area contributed by atoms with Crippen LogP contribution in [0, 0.1) is 13.8 Å². The first-order chi connectivity index (χ1) is 16.9. The predicted molar refractivity (Wildman–Crippen MR) is 127 cm³/mol. The largest absolute Gasteiger partial charge is 0.508 e. The van der Waals surface area contributed by atoms with Crippen molar-refractivity contribution in [3.63, 3.8) is 0 Å². The molecule has 7 nitrogen and oxygen atoms in total. The fraction of sp³-hybridized carbons (Fsp3) is 0.154. The Labute approximate surface area is 204 Å². The number of hydrazine groups is 1. The van der Waals surface area contributed by atoms with E-state index in [4.69, 9.17) is 0 Å². The molecule has 4 rings (SSSR count). The number of carbonyl (C=O) groups is 2. The van der Waals surface area contributed by atoms with Crippen LogP contribution in [0.4, 0.5) is 24.5 Å². The predicted octanol–water partition coefficient (Wildman–Crippen LogP) is 5.08. The van der Waals surface area contributed by atoms with Gasteiger partial charge in [0.15, 0.2) is 0 Å². The molecule has 0 saturated carbocycles. The number of fused-ring (bicyclic) bond motifs is 1. The molecule has 10 heteroatoms. The van der Waals surface area contributed by atoms with E-state index >= 15 is 0 Å². The van der Waals surface area contributed by atoms with Crippen molar-refractivity contribution in [1.82, 2.24) is 10.9 Å². The van der Waals surface area contributed by atoms with Crippen molar-refractivity contribution in [2.45, 2.75) is 26.9 Å². The number of phenols is 2. The minimum atomic E-state index is -4.61. The normalized spacial score (nSPS) is 14.5. The number of phenolic OH excluding ortho intramolecular Hbond substituents is 2. The standard InChI is InChI=1S/C26H22F3N3O4/c1-13-8-14(2)10-17(9-13)32-21-11-16(26(27,28)29)4-6-19(21)23(25(32)36)15(3)30-31-24(35)20-7-5-18(33)12-22(20)34/h4-12,30,33-34H,1-3H3,(H,31,35)/b23-15-. The second kappa shape index (κ2) is 8.95. The number of benzene rings is 3. The minimum Gasteiger partial charge on any atom is -0.508 e. The molecule has 0 bridgehead atoms. The molecule has 0 spiro atoms. The molecular formula is C26H22F3N3O4. The molecule has 0 saturated heterocycles. The Balaban J connectivity index is 1.75. The average Bonchev–Trinajstić information content (AvgIpc) is 3.07. The van der Waals surface area contributed by atoms with Gasteiger partial charge in [-0.2, -0.15) is 13.2 Å². The topological polar surface area (TPSA) is 102 Å². The summed E-state index contributed by atoms with van der Waals surface area (Å²) in [6, 6.07) is 11.8. The maximum atomic E-state index is 13.6. The highest BCUT2D eigenvalue weighted by Gasteiger charge is 2.39. The van der Waals surface area contributed by atoms with Crippen molar-refractivity contribution in [1.29, 1.82) is 0 Å². The number of aromatic hydroxyl groups is 2. The Morgan fingerprint density at radius 1 is 0.917 bits per heavy atom. The van der Waals surface area contributed by atoms with E-state index < -0.39 is 29.3 Å². The average molecular weight is 497 g/mol. The lowest BCUT2D eigenvalue weighted by molar-refractivity contribution is -0.137. The van der Waals surface area contributed by atoms with Crippen LogP contribution in [0.2, 0.25) is 0 Å². The van der Waals surface area contributed by atoms with E-state index in [0.29, 0.717) is 5.69 Å². The summed E-state index contributed by atoms with van der Waals surface area (Å²) in [5.41, 5.74) is 6.61. The Morgan fingerprint density at radius 2 is 1.58 bits per heavy atom. The summed E-state index contributed by atoms with van der Waals surface area (Å²) < 4.78 is 40.5. The van der Waals surface area contributed by atoms with Gasteiger partial charge in [0, 0.05) is 23.0 Å². The van der Waals surface area contributed by atoms with Crippen LogP contribution < -0.4 is 15.8 Å². The fourth-order valence-electron chi connectivity index (χ4n) is 4.13. The number of anilines is 2. The van der Waals surface area contributed by atoms with Gasteiger partial charge in [0.2, 0.25) is 0 Å². The number of amides is 2. The number of allylic oxidation sites excluding steroid dienone is 1. The molecule has 0 fully saturated rings. The fourth-order valence-corrected chi connectivity index (χ4v) is 4.13. The molecule has 2 amide bonds. The van der Waals surface area contributed by atoms with Crippen LogP contribution in [0.3, 0.4) is 0 Å². The second-order valence-corrected chi connectivity index (χ2v) is 8.50. The zero-order chi connectivity index (χ0) is 26.4. The number of rotatable bonds is 4. The highest BCUT2D eigenvalue weighted by Crippen LogP contribution is 2.45. The van der Waals surface area contributed by atoms with Crippen molar-refractivity contribution >= 4 is 28.8 Å². The van der Waals surface area contributed by atoms with Gasteiger partial charge < -0.3 is 15.6 Å². The highest BCUT2D eigenvalue weighted by molar-refractivity contribution is 6.35. The first-order valence-electron chi connectivity index (χ1n) is 10.8. The SMILES string of the molecule is C/C(NNC(=O)c1ccc(O)cc1O)=C1/C(=O)N(c2cc(C)cc(C)c2)c2cc(C(F)(F)F)ccc21. The summed E-state index contributed by atoms with van der Waals surface area (Å²) in [6.45, 7) is 5.14. The molecule has 36 heavy (non-hydrogen) atoms. The van der Waals surface area contributed by atoms with Crippen LogP contribution in [-0.4, -0.2) is 22.0 Å². The molecule has 0 atom stereocenters. The van der Waals surface area contributed by atoms with Crippen molar-refractivity contribution in [3.05, 3.63) is 88.1 Å². The van der Waals surface area contributed by atoms with Gasteiger partial charge in [0.05, 0.1) is 22.4 Å². The van der Waals surface area contributed by atoms with Crippen LogP contribution in [0.5, 0.6) is 11.5 Å². The summed E-state index contributed by atoms with van der Waals surface area (Å²) in [6.07, 6.45) is -4.61. The molecule has 0 aromatic heterocycles. The van der Waals surface area contributed by atoms with Gasteiger partial charge >= 0.3 is 6.18 Å². The van der Waals surface area contributed by atoms with E-state index in [1.54, 1.807) is 12.1 Å². The zero-order valence-electron chi connectivity index (χ0n) is 19.5. The van der Waals surface area contributed by atoms with Crippen LogP contribution in [0.1, 0.15) is 39.5 Å². The van der Waals surface area contributed by atoms with Crippen LogP contribution in [-0.2, 0) is 11.0 Å². The van der Waals surface area contributed by atoms with E-state index in [9.17, 15) is 33.0 Å². The number of hydrogen-bond donors (Lipinski definition) is 4. The lowest BCUT2D eigenvalue weighted by Gasteiger charge is -2.20. The third kappa shape index (κ3) is 4.57. The molecular weight excluding hydrogens is 475 g/mol. The third-order valence-electron chi connectivity index (χ3n) is 5.68. The van der Waals surface area contributed by atoms with Crippen molar-refractivity contribution in [2.75, 3.05) is 4.90 Å². The van der Waals surface area contributed by atoms with E-state index in [1.165, 1.54) is 30.0 Å². The molecule has 1 heterocycles. The lowest BCUT2D eigenvalue weighted by atomic mass is 10.0. The van der Waals surface area contributed by atoms with Gasteiger partial charge in [-0.15, -0.1) is 0 Å². The Morgan fingerprint density at radius 3 is 2.19 bits per heavy atom. The second-order valence-electron chi connectivity index (χ2n) is 8.50. The van der Waals surface area contributed by atoms with Gasteiger partial charge in [-0.3, -0.25) is 19.9 Å². The maximum Gasteiger partial charge on any atom is 0.416 e. The molecule has 1 aliphatic heterocycles. The third-order valence-corrected chi connectivity index (χ3v) is 5.68. The number of hydrogen-bond acceptors (Lipinski definition) is 5. The van der Waals surface area contributed by atoms with Crippen molar-refractivity contribution in [3.8, 4) is 11.5 Å². The summed E-state index contributed by atoms with van der Waals surface area (Å²) in [4.78, 5) is 27.3. The van der Waals surface area contributed by atoms with Crippen molar-refractivity contribution < 1.29 is 33.0 Å². The Bertz CT molecular complexity index is 1410. The Kier molecular flexibility index (Phi) is 6.13. The molecule has 3 aromatic rings. The molecule has 186 valence electrons. The number of carbonyl (C=O) groups excluding carboxylic acids is 2. The zero-order valence-corrected chi connectivity index (χ0v) is 19.5.